The van der Waals surface area contributed by atoms with Crippen molar-refractivity contribution >= 4 is 29.3 Å². The number of hydrogen-bond donors (Lipinski definition) is 1. The van der Waals surface area contributed by atoms with Crippen LogP contribution in [0.15, 0.2) is 59.8 Å². The summed E-state index contributed by atoms with van der Waals surface area (Å²) in [5.74, 6) is -0.256. The summed E-state index contributed by atoms with van der Waals surface area (Å²) >= 11 is 7.11. The number of nitrogens with zero attached hydrogens (tertiary/aromatic N) is 3. The van der Waals surface area contributed by atoms with E-state index in [1.807, 2.05) is 47.0 Å². The molecule has 2 aromatic carbocycles. The highest BCUT2D eigenvalue weighted by molar-refractivity contribution is 8.00. The summed E-state index contributed by atoms with van der Waals surface area (Å²) < 4.78 is 1.85. The first-order chi connectivity index (χ1) is 11.6. The van der Waals surface area contributed by atoms with Gasteiger partial charge in [0, 0.05) is 16.3 Å². The van der Waals surface area contributed by atoms with Crippen molar-refractivity contribution in [1.29, 1.82) is 0 Å². The first-order valence-corrected chi connectivity index (χ1v) is 8.48. The summed E-state index contributed by atoms with van der Waals surface area (Å²) in [6.45, 7) is 1.62. The van der Waals surface area contributed by atoms with Crippen LogP contribution in [0.1, 0.15) is 6.92 Å². The largest absolute Gasteiger partial charge is 0.480 e. The Bertz CT molecular complexity index is 850. The van der Waals surface area contributed by atoms with Crippen LogP contribution in [0.4, 0.5) is 0 Å². The van der Waals surface area contributed by atoms with Crippen molar-refractivity contribution < 1.29 is 9.90 Å². The standard InChI is InChI=1S/C17H14ClN3O2S/c1-11(16(22)23)24-17-20-19-15(12-7-9-13(18)10-8-12)21(17)14-5-3-2-4-6-14/h2-11H,1H3,(H,22,23). The van der Waals surface area contributed by atoms with Crippen LogP contribution < -0.4 is 0 Å². The topological polar surface area (TPSA) is 68.0 Å². The van der Waals surface area contributed by atoms with Crippen LogP contribution >= 0.6 is 23.4 Å². The lowest BCUT2D eigenvalue weighted by Gasteiger charge is -2.11. The predicted octanol–water partition coefficient (Wildman–Crippen LogP) is 4.15. The number of carboxylic acids is 1. The summed E-state index contributed by atoms with van der Waals surface area (Å²) in [4.78, 5) is 11.2. The average molecular weight is 360 g/mol. The van der Waals surface area contributed by atoms with Gasteiger partial charge in [0.15, 0.2) is 11.0 Å². The maximum atomic E-state index is 11.2. The Kier molecular flexibility index (Phi) is 4.87. The highest BCUT2D eigenvalue weighted by Gasteiger charge is 2.21. The molecule has 0 bridgehead atoms. The van der Waals surface area contributed by atoms with Gasteiger partial charge in [0.05, 0.1) is 0 Å². The number of thioether (sulfide) groups is 1. The molecule has 0 saturated carbocycles. The SMILES string of the molecule is CC(Sc1nnc(-c2ccc(Cl)cc2)n1-c1ccccc1)C(=O)O. The van der Waals surface area contributed by atoms with E-state index in [0.717, 1.165) is 23.0 Å². The number of para-hydroxylation sites is 1. The molecule has 0 aliphatic carbocycles. The van der Waals surface area contributed by atoms with E-state index in [1.54, 1.807) is 19.1 Å². The van der Waals surface area contributed by atoms with Crippen LogP contribution in [-0.4, -0.2) is 31.1 Å². The average Bonchev–Trinajstić information content (AvgIpc) is 2.99. The summed E-state index contributed by atoms with van der Waals surface area (Å²) in [6.07, 6.45) is 0. The van der Waals surface area contributed by atoms with Gasteiger partial charge in [-0.3, -0.25) is 9.36 Å². The maximum Gasteiger partial charge on any atom is 0.316 e. The predicted molar refractivity (Wildman–Crippen MR) is 94.8 cm³/mol. The fourth-order valence-electron chi connectivity index (χ4n) is 2.15. The number of carbonyl (C=O) groups is 1. The number of rotatable bonds is 5. The summed E-state index contributed by atoms with van der Waals surface area (Å²) in [5.41, 5.74) is 1.72. The van der Waals surface area contributed by atoms with Crippen molar-refractivity contribution in [1.82, 2.24) is 14.8 Å². The van der Waals surface area contributed by atoms with Crippen molar-refractivity contribution in [2.24, 2.45) is 0 Å². The Hall–Kier alpha value is -2.31. The number of carboxylic acid groups (broad SMARTS) is 1. The van der Waals surface area contributed by atoms with Crippen LogP contribution in [0.25, 0.3) is 17.1 Å². The van der Waals surface area contributed by atoms with E-state index in [4.69, 9.17) is 16.7 Å². The Labute approximate surface area is 148 Å². The lowest BCUT2D eigenvalue weighted by Crippen LogP contribution is -2.12. The monoisotopic (exact) mass is 359 g/mol. The molecule has 1 unspecified atom stereocenters. The van der Waals surface area contributed by atoms with Gasteiger partial charge >= 0.3 is 5.97 Å². The van der Waals surface area contributed by atoms with Crippen LogP contribution in [-0.2, 0) is 4.79 Å². The zero-order valence-electron chi connectivity index (χ0n) is 12.8. The third-order valence-electron chi connectivity index (χ3n) is 3.38. The molecular weight excluding hydrogens is 346 g/mol. The molecule has 5 nitrogen and oxygen atoms in total. The fraction of sp³-hybridized carbons (Fsp3) is 0.118. The molecule has 1 heterocycles. The zero-order valence-corrected chi connectivity index (χ0v) is 14.3. The first-order valence-electron chi connectivity index (χ1n) is 7.22. The molecule has 24 heavy (non-hydrogen) atoms. The van der Waals surface area contributed by atoms with E-state index in [1.165, 1.54) is 0 Å². The smallest absolute Gasteiger partial charge is 0.316 e. The molecule has 122 valence electrons. The summed E-state index contributed by atoms with van der Waals surface area (Å²) in [6, 6.07) is 16.9. The van der Waals surface area contributed by atoms with Gasteiger partial charge in [0.2, 0.25) is 0 Å². The molecule has 0 radical (unpaired) electrons. The molecular formula is C17H14ClN3O2S. The Morgan fingerprint density at radius 2 is 1.79 bits per heavy atom. The van der Waals surface area contributed by atoms with E-state index in [-0.39, 0.29) is 0 Å². The van der Waals surface area contributed by atoms with E-state index in [0.29, 0.717) is 16.0 Å². The molecule has 0 aliphatic heterocycles. The van der Waals surface area contributed by atoms with Gasteiger partial charge < -0.3 is 5.11 Å². The molecule has 0 saturated heterocycles. The fourth-order valence-corrected chi connectivity index (χ4v) is 3.08. The Balaban J connectivity index is 2.11. The number of aliphatic carboxylic acids is 1. The highest BCUT2D eigenvalue weighted by Crippen LogP contribution is 2.30. The molecule has 1 N–H and O–H groups in total. The third kappa shape index (κ3) is 3.44. The molecule has 1 aromatic heterocycles. The molecule has 0 aliphatic rings. The third-order valence-corrected chi connectivity index (χ3v) is 4.66. The van der Waals surface area contributed by atoms with Gasteiger partial charge in [-0.2, -0.15) is 0 Å². The lowest BCUT2D eigenvalue weighted by molar-refractivity contribution is -0.136. The van der Waals surface area contributed by atoms with Gasteiger partial charge in [-0.1, -0.05) is 41.6 Å². The van der Waals surface area contributed by atoms with Gasteiger partial charge in [-0.25, -0.2) is 0 Å². The molecule has 3 rings (SSSR count). The van der Waals surface area contributed by atoms with Gasteiger partial charge in [-0.05, 0) is 43.3 Å². The van der Waals surface area contributed by atoms with Gasteiger partial charge in [-0.15, -0.1) is 10.2 Å². The molecule has 0 amide bonds. The second-order valence-corrected chi connectivity index (χ2v) is 6.83. The van der Waals surface area contributed by atoms with E-state index in [2.05, 4.69) is 10.2 Å². The Morgan fingerprint density at radius 3 is 2.42 bits per heavy atom. The molecule has 0 fully saturated rings. The second-order valence-electron chi connectivity index (χ2n) is 5.08. The number of aromatic nitrogens is 3. The van der Waals surface area contributed by atoms with E-state index < -0.39 is 11.2 Å². The van der Waals surface area contributed by atoms with E-state index >= 15 is 0 Å². The number of hydrogen-bond acceptors (Lipinski definition) is 4. The van der Waals surface area contributed by atoms with E-state index in [9.17, 15) is 4.79 Å². The van der Waals surface area contributed by atoms with Crippen LogP contribution in [0.5, 0.6) is 0 Å². The van der Waals surface area contributed by atoms with Gasteiger partial charge in [0.25, 0.3) is 0 Å². The quantitative estimate of drug-likeness (QED) is 0.693. The molecule has 7 heteroatoms. The minimum atomic E-state index is -0.893. The Morgan fingerprint density at radius 1 is 1.12 bits per heavy atom. The van der Waals surface area contributed by atoms with Crippen LogP contribution in [0.3, 0.4) is 0 Å². The minimum Gasteiger partial charge on any atom is -0.480 e. The lowest BCUT2D eigenvalue weighted by atomic mass is 10.2. The molecule has 1 atom stereocenters. The molecule has 3 aromatic rings. The first kappa shape index (κ1) is 16.5. The zero-order chi connectivity index (χ0) is 17.1. The molecule has 0 spiro atoms. The maximum absolute atomic E-state index is 11.2. The van der Waals surface area contributed by atoms with Crippen LogP contribution in [0, 0.1) is 0 Å². The number of halogens is 1. The summed E-state index contributed by atoms with van der Waals surface area (Å²) in [7, 11) is 0. The van der Waals surface area contributed by atoms with Crippen LogP contribution in [0.2, 0.25) is 5.02 Å². The van der Waals surface area contributed by atoms with Crippen molar-refractivity contribution in [3.8, 4) is 17.1 Å². The minimum absolute atomic E-state index is 0.529. The van der Waals surface area contributed by atoms with Gasteiger partial charge in [0.1, 0.15) is 5.25 Å². The van der Waals surface area contributed by atoms with Crippen molar-refractivity contribution in [3.05, 3.63) is 59.6 Å². The highest BCUT2D eigenvalue weighted by atomic mass is 35.5. The summed E-state index contributed by atoms with van der Waals surface area (Å²) in [5, 5.41) is 18.2. The van der Waals surface area contributed by atoms with Crippen molar-refractivity contribution in [2.45, 2.75) is 17.3 Å². The van der Waals surface area contributed by atoms with Crippen molar-refractivity contribution in [3.63, 3.8) is 0 Å². The normalized spacial score (nSPS) is 12.1. The second kappa shape index (κ2) is 7.07. The van der Waals surface area contributed by atoms with Crippen molar-refractivity contribution in [2.75, 3.05) is 0 Å². The number of benzene rings is 2.